The fourth-order valence-electron chi connectivity index (χ4n) is 3.88. The molecule has 0 fully saturated rings. The van der Waals surface area contributed by atoms with Gasteiger partial charge >= 0.3 is 0 Å². The first-order chi connectivity index (χ1) is 17.1. The fourth-order valence-corrected chi connectivity index (χ4v) is 4.68. The van der Waals surface area contributed by atoms with Crippen molar-refractivity contribution in [2.24, 2.45) is 5.10 Å². The molecule has 1 unspecified atom stereocenters. The maximum atomic E-state index is 13.2. The Hall–Kier alpha value is -3.59. The van der Waals surface area contributed by atoms with Crippen LogP contribution in [0.4, 0.5) is 5.13 Å². The number of anilines is 1. The van der Waals surface area contributed by atoms with Crippen LogP contribution in [-0.2, 0) is 16.0 Å². The molecule has 1 aliphatic rings. The number of amides is 2. The molecule has 8 nitrogen and oxygen atoms in total. The number of nitrogens with zero attached hydrogens (tertiary/aromatic N) is 4. The van der Waals surface area contributed by atoms with Gasteiger partial charge in [0.2, 0.25) is 16.9 Å². The average molecular weight is 492 g/mol. The quantitative estimate of drug-likeness (QED) is 0.431. The molecule has 0 saturated carbocycles. The molecule has 0 bridgehead atoms. The number of hydrogen-bond donors (Lipinski definition) is 1. The van der Waals surface area contributed by atoms with Crippen molar-refractivity contribution in [2.45, 2.75) is 51.5 Å². The van der Waals surface area contributed by atoms with Crippen molar-refractivity contribution in [3.8, 4) is 5.75 Å². The van der Waals surface area contributed by atoms with Crippen LogP contribution in [0.25, 0.3) is 0 Å². The lowest BCUT2D eigenvalue weighted by atomic mass is 9.98. The van der Waals surface area contributed by atoms with Gasteiger partial charge in [0, 0.05) is 25.7 Å². The van der Waals surface area contributed by atoms with Gasteiger partial charge in [-0.05, 0) is 29.7 Å². The van der Waals surface area contributed by atoms with Crippen LogP contribution in [0.3, 0.4) is 0 Å². The van der Waals surface area contributed by atoms with E-state index in [1.165, 1.54) is 16.3 Å². The molecule has 0 saturated heterocycles. The number of hydrazone groups is 1. The number of methoxy groups -OCH3 is 1. The number of nitrogens with one attached hydrogen (secondary N) is 1. The van der Waals surface area contributed by atoms with Gasteiger partial charge in [-0.2, -0.15) is 5.10 Å². The molecule has 4 rings (SSSR count). The van der Waals surface area contributed by atoms with E-state index in [1.54, 1.807) is 7.11 Å². The molecule has 0 spiro atoms. The molecular formula is C26H29N5O3S. The first-order valence-electron chi connectivity index (χ1n) is 11.8. The van der Waals surface area contributed by atoms with Gasteiger partial charge in [-0.25, -0.2) is 5.01 Å². The van der Waals surface area contributed by atoms with E-state index in [-0.39, 0.29) is 30.7 Å². The van der Waals surface area contributed by atoms with Crippen LogP contribution >= 0.6 is 11.3 Å². The number of ether oxygens (including phenoxy) is 1. The molecule has 1 aromatic heterocycles. The van der Waals surface area contributed by atoms with Crippen LogP contribution < -0.4 is 10.1 Å². The highest BCUT2D eigenvalue weighted by atomic mass is 32.1. The molecule has 1 atom stereocenters. The fraction of sp³-hybridized carbons (Fsp3) is 0.346. The monoisotopic (exact) mass is 491 g/mol. The molecule has 1 N–H and O–H groups in total. The Balaban J connectivity index is 1.42. The van der Waals surface area contributed by atoms with Gasteiger partial charge in [0.15, 0.2) is 0 Å². The Labute approximate surface area is 209 Å². The highest BCUT2D eigenvalue weighted by Gasteiger charge is 2.33. The van der Waals surface area contributed by atoms with Crippen molar-refractivity contribution in [3.05, 3.63) is 70.7 Å². The number of carbonyl (C=O) groups excluding carboxylic acids is 2. The van der Waals surface area contributed by atoms with Gasteiger partial charge in [0.25, 0.3) is 0 Å². The van der Waals surface area contributed by atoms with E-state index in [2.05, 4.69) is 27.5 Å². The summed E-state index contributed by atoms with van der Waals surface area (Å²) in [5.41, 5.74) is 2.79. The standard InChI is InChI=1S/C26H29N5O3S/c1-3-4-10-24-28-29-26(35-24)27-23(32)15-16-25(33)31-22(19-11-13-20(34-2)14-12-19)17-21(30-31)18-8-6-5-7-9-18/h5-9,11-14,22H,3-4,10,15-17H2,1-2H3,(H,27,29,32). The molecule has 0 aliphatic carbocycles. The Kier molecular flexibility index (Phi) is 8.20. The summed E-state index contributed by atoms with van der Waals surface area (Å²) in [6.45, 7) is 2.12. The third-order valence-corrected chi connectivity index (χ3v) is 6.70. The number of aryl methyl sites for hydroxylation is 1. The number of carbonyl (C=O) groups is 2. The van der Waals surface area contributed by atoms with E-state index in [9.17, 15) is 9.59 Å². The summed E-state index contributed by atoms with van der Waals surface area (Å²) in [4.78, 5) is 25.7. The molecule has 0 radical (unpaired) electrons. The summed E-state index contributed by atoms with van der Waals surface area (Å²) >= 11 is 1.38. The molecule has 2 amide bonds. The zero-order chi connectivity index (χ0) is 24.6. The first-order valence-corrected chi connectivity index (χ1v) is 12.6. The Morgan fingerprint density at radius 1 is 1.09 bits per heavy atom. The number of hydrogen-bond acceptors (Lipinski definition) is 7. The van der Waals surface area contributed by atoms with Crippen molar-refractivity contribution in [1.29, 1.82) is 0 Å². The van der Waals surface area contributed by atoms with E-state index in [0.717, 1.165) is 46.9 Å². The SMILES string of the molecule is CCCCc1nnc(NC(=O)CCC(=O)N2N=C(c3ccccc3)CC2c2ccc(OC)cc2)s1. The highest BCUT2D eigenvalue weighted by molar-refractivity contribution is 7.15. The predicted molar refractivity (Wildman–Crippen MR) is 137 cm³/mol. The predicted octanol–water partition coefficient (Wildman–Crippen LogP) is 4.99. The molecule has 2 aromatic carbocycles. The maximum Gasteiger partial charge on any atom is 0.243 e. The summed E-state index contributed by atoms with van der Waals surface area (Å²) in [6, 6.07) is 17.3. The Morgan fingerprint density at radius 3 is 2.57 bits per heavy atom. The summed E-state index contributed by atoms with van der Waals surface area (Å²) < 4.78 is 5.27. The molecular weight excluding hydrogens is 462 g/mol. The summed E-state index contributed by atoms with van der Waals surface area (Å²) in [5.74, 6) is 0.289. The van der Waals surface area contributed by atoms with Crippen molar-refractivity contribution in [2.75, 3.05) is 12.4 Å². The number of aromatic nitrogens is 2. The number of unbranched alkanes of at least 4 members (excludes halogenated alkanes) is 1. The van der Waals surface area contributed by atoms with Gasteiger partial charge in [-0.1, -0.05) is 67.1 Å². The zero-order valence-electron chi connectivity index (χ0n) is 19.9. The van der Waals surface area contributed by atoms with Crippen LogP contribution in [0.15, 0.2) is 59.7 Å². The second kappa shape index (κ2) is 11.7. The minimum absolute atomic E-state index is 0.0464. The first kappa shape index (κ1) is 24.5. The number of benzene rings is 2. The molecule has 2 heterocycles. The van der Waals surface area contributed by atoms with E-state index >= 15 is 0 Å². The van der Waals surface area contributed by atoms with Crippen LogP contribution in [0.5, 0.6) is 5.75 Å². The van der Waals surface area contributed by atoms with Gasteiger partial charge in [0.1, 0.15) is 10.8 Å². The molecule has 9 heteroatoms. The van der Waals surface area contributed by atoms with Gasteiger partial charge in [-0.15, -0.1) is 10.2 Å². The minimum atomic E-state index is -0.260. The number of rotatable bonds is 10. The third-order valence-electron chi connectivity index (χ3n) is 5.80. The topological polar surface area (TPSA) is 96.8 Å². The summed E-state index contributed by atoms with van der Waals surface area (Å²) in [6.07, 6.45) is 3.65. The van der Waals surface area contributed by atoms with Crippen molar-refractivity contribution in [1.82, 2.24) is 15.2 Å². The molecule has 35 heavy (non-hydrogen) atoms. The van der Waals surface area contributed by atoms with E-state index < -0.39 is 0 Å². The van der Waals surface area contributed by atoms with Crippen molar-refractivity contribution < 1.29 is 14.3 Å². The summed E-state index contributed by atoms with van der Waals surface area (Å²) in [7, 11) is 1.62. The lowest BCUT2D eigenvalue weighted by Crippen LogP contribution is -2.28. The lowest BCUT2D eigenvalue weighted by Gasteiger charge is -2.22. The van der Waals surface area contributed by atoms with Crippen LogP contribution in [0.1, 0.15) is 61.2 Å². The van der Waals surface area contributed by atoms with Gasteiger partial charge in [0.05, 0.1) is 18.9 Å². The maximum absolute atomic E-state index is 13.2. The molecule has 1 aliphatic heterocycles. The normalized spacial score (nSPS) is 15.1. The van der Waals surface area contributed by atoms with E-state index in [1.807, 2.05) is 54.6 Å². The van der Waals surface area contributed by atoms with Gasteiger partial charge in [-0.3, -0.25) is 9.59 Å². The molecule has 3 aromatic rings. The second-order valence-corrected chi connectivity index (χ2v) is 9.36. The smallest absolute Gasteiger partial charge is 0.243 e. The lowest BCUT2D eigenvalue weighted by molar-refractivity contribution is -0.134. The average Bonchev–Trinajstić information content (AvgIpc) is 3.54. The highest BCUT2D eigenvalue weighted by Crippen LogP contribution is 2.34. The Bertz CT molecular complexity index is 1180. The minimum Gasteiger partial charge on any atom is -0.497 e. The van der Waals surface area contributed by atoms with Crippen LogP contribution in [0.2, 0.25) is 0 Å². The summed E-state index contributed by atoms with van der Waals surface area (Å²) in [5, 5.41) is 18.5. The zero-order valence-corrected chi connectivity index (χ0v) is 20.8. The van der Waals surface area contributed by atoms with E-state index in [0.29, 0.717) is 11.6 Å². The van der Waals surface area contributed by atoms with Crippen molar-refractivity contribution in [3.63, 3.8) is 0 Å². The molecule has 182 valence electrons. The van der Waals surface area contributed by atoms with Crippen LogP contribution in [0, 0.1) is 0 Å². The second-order valence-electron chi connectivity index (χ2n) is 8.30. The Morgan fingerprint density at radius 2 is 1.86 bits per heavy atom. The van der Waals surface area contributed by atoms with Gasteiger partial charge < -0.3 is 10.1 Å². The van der Waals surface area contributed by atoms with Crippen molar-refractivity contribution >= 4 is 34.0 Å². The largest absolute Gasteiger partial charge is 0.497 e. The van der Waals surface area contributed by atoms with Crippen LogP contribution in [-0.4, -0.2) is 39.8 Å². The third kappa shape index (κ3) is 6.30. The van der Waals surface area contributed by atoms with E-state index in [4.69, 9.17) is 4.74 Å².